The zero-order valence-electron chi connectivity index (χ0n) is 14.8. The summed E-state index contributed by atoms with van der Waals surface area (Å²) in [5.74, 6) is 1.61. The van der Waals surface area contributed by atoms with Crippen LogP contribution in [0.3, 0.4) is 0 Å². The van der Waals surface area contributed by atoms with Crippen LogP contribution in [0, 0.1) is 12.3 Å². The van der Waals surface area contributed by atoms with Crippen LogP contribution in [0.25, 0.3) is 10.2 Å². The summed E-state index contributed by atoms with van der Waals surface area (Å²) in [6.07, 6.45) is 7.09. The highest BCUT2D eigenvalue weighted by molar-refractivity contribution is 7.89. The van der Waals surface area contributed by atoms with E-state index in [0.29, 0.717) is 10.2 Å². The molecule has 0 aliphatic heterocycles. The predicted octanol–water partition coefficient (Wildman–Crippen LogP) is 1.32. The van der Waals surface area contributed by atoms with Crippen LogP contribution in [0.5, 0.6) is 0 Å². The highest BCUT2D eigenvalue weighted by Crippen LogP contribution is 2.20. The Kier molecular flexibility index (Phi) is 5.60. The number of thiophene rings is 1. The first-order valence-electron chi connectivity index (χ1n) is 8.20. The lowest BCUT2D eigenvalue weighted by molar-refractivity contribution is 0.101. The fourth-order valence-electron chi connectivity index (χ4n) is 2.41. The Morgan fingerprint density at radius 1 is 1.32 bits per heavy atom. The number of nitrogens with zero attached hydrogens (tertiary/aromatic N) is 2. The van der Waals surface area contributed by atoms with Gasteiger partial charge in [-0.25, -0.2) is 18.1 Å². The Morgan fingerprint density at radius 3 is 2.68 bits per heavy atom. The zero-order chi connectivity index (χ0) is 20.3. The molecule has 0 spiro atoms. The van der Waals surface area contributed by atoms with Gasteiger partial charge in [0.25, 0.3) is 11.5 Å². The smallest absolute Gasteiger partial charge is 0.267 e. The van der Waals surface area contributed by atoms with Gasteiger partial charge in [0.2, 0.25) is 10.0 Å². The van der Waals surface area contributed by atoms with E-state index in [-0.39, 0.29) is 22.6 Å². The Bertz CT molecular complexity index is 1240. The molecular weight excluding hydrogens is 400 g/mol. The Labute approximate surface area is 165 Å². The van der Waals surface area contributed by atoms with Gasteiger partial charge in [0.05, 0.1) is 16.8 Å². The molecule has 0 aliphatic carbocycles. The topological polar surface area (TPSA) is 110 Å². The lowest BCUT2D eigenvalue weighted by Gasteiger charge is -2.08. The molecule has 0 saturated carbocycles. The molecule has 0 aliphatic rings. The summed E-state index contributed by atoms with van der Waals surface area (Å²) in [7, 11) is -3.74. The predicted molar refractivity (Wildman–Crippen MR) is 107 cm³/mol. The van der Waals surface area contributed by atoms with Crippen LogP contribution in [-0.2, 0) is 16.4 Å². The van der Waals surface area contributed by atoms with Crippen LogP contribution >= 0.6 is 11.3 Å². The lowest BCUT2D eigenvalue weighted by atomic mass is 10.2. The zero-order valence-corrected chi connectivity index (χ0v) is 16.4. The van der Waals surface area contributed by atoms with Crippen molar-refractivity contribution in [3.8, 4) is 12.3 Å². The maximum atomic E-state index is 12.5. The van der Waals surface area contributed by atoms with Crippen molar-refractivity contribution in [2.24, 2.45) is 0 Å². The average molecular weight is 416 g/mol. The van der Waals surface area contributed by atoms with E-state index in [9.17, 15) is 18.0 Å². The van der Waals surface area contributed by atoms with Crippen LogP contribution in [-0.4, -0.2) is 30.5 Å². The van der Waals surface area contributed by atoms with E-state index in [1.807, 2.05) is 6.92 Å². The van der Waals surface area contributed by atoms with Crippen LogP contribution in [0.15, 0.2) is 46.3 Å². The second-order valence-electron chi connectivity index (χ2n) is 5.70. The highest BCUT2D eigenvalue weighted by Gasteiger charge is 2.15. The van der Waals surface area contributed by atoms with Crippen molar-refractivity contribution in [2.75, 3.05) is 12.0 Å². The molecule has 2 aromatic heterocycles. The van der Waals surface area contributed by atoms with E-state index in [1.165, 1.54) is 41.9 Å². The van der Waals surface area contributed by atoms with Gasteiger partial charge in [-0.1, -0.05) is 12.8 Å². The number of hydrogen-bond acceptors (Lipinski definition) is 6. The van der Waals surface area contributed by atoms with Gasteiger partial charge in [-0.2, -0.15) is 4.72 Å². The number of amides is 1. The third-order valence-corrected chi connectivity index (χ3v) is 6.47. The van der Waals surface area contributed by atoms with Crippen LogP contribution in [0.4, 0.5) is 0 Å². The highest BCUT2D eigenvalue weighted by atomic mass is 32.2. The van der Waals surface area contributed by atoms with E-state index >= 15 is 0 Å². The number of sulfonamides is 1. The average Bonchev–Trinajstić information content (AvgIpc) is 3.13. The summed E-state index contributed by atoms with van der Waals surface area (Å²) < 4.78 is 27.2. The molecule has 3 rings (SSSR count). The SMILES string of the molecule is C#CCNS(=O)(=O)c1ccc(C(=O)Nn2cnc3sc(CC)cc3c2=O)cc1. The van der Waals surface area contributed by atoms with Gasteiger partial charge in [0.15, 0.2) is 0 Å². The third kappa shape index (κ3) is 3.96. The monoisotopic (exact) mass is 416 g/mol. The molecule has 0 saturated heterocycles. The Morgan fingerprint density at radius 2 is 2.04 bits per heavy atom. The van der Waals surface area contributed by atoms with Crippen LogP contribution < -0.4 is 15.7 Å². The van der Waals surface area contributed by atoms with Gasteiger partial charge in [0, 0.05) is 10.4 Å². The van der Waals surface area contributed by atoms with Crippen molar-refractivity contribution in [3.63, 3.8) is 0 Å². The lowest BCUT2D eigenvalue weighted by Crippen LogP contribution is -2.33. The maximum Gasteiger partial charge on any atom is 0.280 e. The summed E-state index contributed by atoms with van der Waals surface area (Å²) in [4.78, 5) is 30.7. The summed E-state index contributed by atoms with van der Waals surface area (Å²) in [6.45, 7) is 1.85. The minimum absolute atomic E-state index is 0.0232. The molecule has 0 atom stereocenters. The van der Waals surface area contributed by atoms with Gasteiger partial charge in [-0.3, -0.25) is 15.0 Å². The van der Waals surface area contributed by atoms with E-state index < -0.39 is 15.9 Å². The summed E-state index contributed by atoms with van der Waals surface area (Å²) in [5.41, 5.74) is 2.25. The summed E-state index contributed by atoms with van der Waals surface area (Å²) >= 11 is 1.43. The quantitative estimate of drug-likeness (QED) is 0.589. The minimum atomic E-state index is -3.74. The van der Waals surface area contributed by atoms with E-state index in [2.05, 4.69) is 21.1 Å². The number of benzene rings is 1. The first-order chi connectivity index (χ1) is 13.4. The van der Waals surface area contributed by atoms with Crippen molar-refractivity contribution in [3.05, 3.63) is 57.5 Å². The van der Waals surface area contributed by atoms with E-state index in [0.717, 1.165) is 16.0 Å². The van der Waals surface area contributed by atoms with Gasteiger partial charge < -0.3 is 0 Å². The molecule has 8 nitrogen and oxygen atoms in total. The number of aryl methyl sites for hydroxylation is 1. The Hall–Kier alpha value is -3.00. The number of carbonyl (C=O) groups is 1. The summed E-state index contributed by atoms with van der Waals surface area (Å²) in [5, 5.41) is 0.436. The van der Waals surface area contributed by atoms with Crippen molar-refractivity contribution < 1.29 is 13.2 Å². The molecular formula is C18H16N4O4S2. The fourth-order valence-corrected chi connectivity index (χ4v) is 4.27. The number of terminal acetylenes is 1. The normalized spacial score (nSPS) is 11.3. The maximum absolute atomic E-state index is 12.5. The van der Waals surface area contributed by atoms with E-state index in [1.54, 1.807) is 6.07 Å². The molecule has 10 heteroatoms. The first-order valence-corrected chi connectivity index (χ1v) is 10.5. The van der Waals surface area contributed by atoms with Crippen molar-refractivity contribution in [2.45, 2.75) is 18.2 Å². The van der Waals surface area contributed by atoms with Gasteiger partial charge in [0.1, 0.15) is 11.2 Å². The van der Waals surface area contributed by atoms with E-state index in [4.69, 9.17) is 6.42 Å². The summed E-state index contributed by atoms with van der Waals surface area (Å²) in [6, 6.07) is 7.02. The molecule has 1 aromatic carbocycles. The second-order valence-corrected chi connectivity index (χ2v) is 8.58. The number of carbonyl (C=O) groups excluding carboxylic acids is 1. The van der Waals surface area contributed by atoms with Gasteiger partial charge >= 0.3 is 0 Å². The molecule has 0 unspecified atom stereocenters. The van der Waals surface area contributed by atoms with Gasteiger partial charge in [-0.15, -0.1) is 17.8 Å². The second kappa shape index (κ2) is 7.93. The number of rotatable bonds is 6. The molecule has 1 amide bonds. The van der Waals surface area contributed by atoms with Crippen molar-refractivity contribution in [1.29, 1.82) is 0 Å². The molecule has 144 valence electrons. The molecule has 28 heavy (non-hydrogen) atoms. The number of fused-ring (bicyclic) bond motifs is 1. The fraction of sp³-hybridized carbons (Fsp3) is 0.167. The third-order valence-electron chi connectivity index (χ3n) is 3.86. The van der Waals surface area contributed by atoms with Crippen LogP contribution in [0.1, 0.15) is 22.2 Å². The molecule has 2 heterocycles. The number of nitrogens with one attached hydrogen (secondary N) is 2. The largest absolute Gasteiger partial charge is 0.280 e. The molecule has 0 bridgehead atoms. The molecule has 0 radical (unpaired) electrons. The Balaban J connectivity index is 1.82. The molecule has 2 N–H and O–H groups in total. The van der Waals surface area contributed by atoms with Crippen molar-refractivity contribution in [1.82, 2.24) is 14.4 Å². The number of hydrogen-bond donors (Lipinski definition) is 2. The molecule has 0 fully saturated rings. The molecule has 3 aromatic rings. The van der Waals surface area contributed by atoms with Crippen molar-refractivity contribution >= 4 is 37.5 Å². The standard InChI is InChI=1S/C18H16N4O4S2/c1-3-9-20-28(25,26)14-7-5-12(6-8-14)16(23)21-22-11-19-17-15(18(22)24)10-13(4-2)27-17/h1,5-8,10-11,20H,4,9H2,2H3,(H,21,23). The first kappa shape index (κ1) is 19.8. The van der Waals surface area contributed by atoms with Crippen LogP contribution in [0.2, 0.25) is 0 Å². The van der Waals surface area contributed by atoms with Gasteiger partial charge in [-0.05, 0) is 36.8 Å². The number of aromatic nitrogens is 2. The minimum Gasteiger partial charge on any atom is -0.267 e.